The summed E-state index contributed by atoms with van der Waals surface area (Å²) < 4.78 is 26.2. The average molecular weight is 380 g/mol. The molecule has 3 nitrogen and oxygen atoms in total. The van der Waals surface area contributed by atoms with E-state index in [-0.39, 0.29) is 17.9 Å². The quantitative estimate of drug-likeness (QED) is 0.758. The van der Waals surface area contributed by atoms with Crippen LogP contribution in [0.5, 0.6) is 0 Å². The first-order chi connectivity index (χ1) is 13.1. The second-order valence-corrected chi connectivity index (χ2v) is 11.1. The zero-order chi connectivity index (χ0) is 18.2. The van der Waals surface area contributed by atoms with Gasteiger partial charge in [0.1, 0.15) is 4.75 Å². The number of rotatable bonds is 1. The fourth-order valence-corrected chi connectivity index (χ4v) is 9.21. The Morgan fingerprint density at radius 1 is 0.815 bits per heavy atom. The zero-order valence-electron chi connectivity index (χ0n) is 15.5. The number of hydrogen-bond donors (Lipinski definition) is 0. The molecule has 2 saturated heterocycles. The molecule has 0 amide bonds. The number of likely N-dealkylation sites (tertiary alicyclic amines) is 1. The van der Waals surface area contributed by atoms with Gasteiger partial charge in [-0.3, -0.25) is 4.90 Å². The van der Waals surface area contributed by atoms with Gasteiger partial charge in [0.2, 0.25) is 0 Å². The maximum absolute atomic E-state index is 13.4. The lowest BCUT2D eigenvalue weighted by Gasteiger charge is -2.63. The van der Waals surface area contributed by atoms with Crippen molar-refractivity contribution in [2.45, 2.75) is 48.3 Å². The minimum atomic E-state index is -3.10. The van der Waals surface area contributed by atoms with Gasteiger partial charge in [0.05, 0.1) is 5.75 Å². The molecule has 2 aliphatic heterocycles. The molecule has 0 unspecified atom stereocenters. The maximum atomic E-state index is 13.4. The highest BCUT2D eigenvalue weighted by Crippen LogP contribution is 2.64. The Morgan fingerprint density at radius 3 is 1.93 bits per heavy atom. The van der Waals surface area contributed by atoms with Crippen LogP contribution >= 0.6 is 0 Å². The molecule has 0 radical (unpaired) electrons. The van der Waals surface area contributed by atoms with Gasteiger partial charge in [0, 0.05) is 17.9 Å². The molecule has 0 aromatic heterocycles. The van der Waals surface area contributed by atoms with Gasteiger partial charge in [0.15, 0.2) is 9.84 Å². The van der Waals surface area contributed by atoms with Gasteiger partial charge in [-0.2, -0.15) is 0 Å². The summed E-state index contributed by atoms with van der Waals surface area (Å²) in [6.07, 6.45) is 4.44. The molecular formula is C23H25NO2S. The van der Waals surface area contributed by atoms with Gasteiger partial charge in [-0.25, -0.2) is 8.42 Å². The van der Waals surface area contributed by atoms with Crippen LogP contribution in [0.25, 0.3) is 0 Å². The molecule has 0 saturated carbocycles. The summed E-state index contributed by atoms with van der Waals surface area (Å²) in [5.41, 5.74) is 5.23. The van der Waals surface area contributed by atoms with Gasteiger partial charge in [-0.15, -0.1) is 0 Å². The normalized spacial score (nSPS) is 36.1. The third kappa shape index (κ3) is 1.93. The van der Waals surface area contributed by atoms with Gasteiger partial charge in [-0.05, 0) is 54.6 Å². The van der Waals surface area contributed by atoms with E-state index < -0.39 is 14.6 Å². The van der Waals surface area contributed by atoms with Crippen molar-refractivity contribution < 1.29 is 8.42 Å². The lowest BCUT2D eigenvalue weighted by Crippen LogP contribution is -2.74. The fourth-order valence-electron chi connectivity index (χ4n) is 6.59. The summed E-state index contributed by atoms with van der Waals surface area (Å²) in [7, 11) is -3.10. The molecule has 4 heteroatoms. The predicted octanol–water partition coefficient (Wildman–Crippen LogP) is 3.69. The van der Waals surface area contributed by atoms with E-state index in [9.17, 15) is 8.42 Å². The van der Waals surface area contributed by atoms with E-state index >= 15 is 0 Å². The molecule has 27 heavy (non-hydrogen) atoms. The van der Waals surface area contributed by atoms with E-state index in [4.69, 9.17) is 0 Å². The van der Waals surface area contributed by atoms with Crippen molar-refractivity contribution in [3.8, 4) is 0 Å². The van der Waals surface area contributed by atoms with Crippen LogP contribution in [0.15, 0.2) is 48.5 Å². The highest BCUT2D eigenvalue weighted by Gasteiger charge is 2.70. The first kappa shape index (κ1) is 16.3. The van der Waals surface area contributed by atoms with E-state index in [1.165, 1.54) is 41.5 Å². The summed E-state index contributed by atoms with van der Waals surface area (Å²) in [6, 6.07) is 17.4. The first-order valence-corrected chi connectivity index (χ1v) is 11.9. The molecule has 2 aromatic carbocycles. The number of piperidine rings is 1. The highest BCUT2D eigenvalue weighted by atomic mass is 32.2. The summed E-state index contributed by atoms with van der Waals surface area (Å²) in [4.78, 5) is 2.51. The summed E-state index contributed by atoms with van der Waals surface area (Å²) in [5, 5.41) is 0. The van der Waals surface area contributed by atoms with Crippen LogP contribution in [0.4, 0.5) is 0 Å². The molecule has 140 valence electrons. The van der Waals surface area contributed by atoms with Crippen LogP contribution in [-0.4, -0.2) is 42.9 Å². The Labute approximate surface area is 161 Å². The van der Waals surface area contributed by atoms with E-state index in [1.807, 2.05) is 0 Å². The lowest BCUT2D eigenvalue weighted by atomic mass is 9.56. The SMILES string of the molecule is O=S1(=O)C[C@H](N2CCCCC2)[C@]12CC1c3ccccc3C2c2ccccc21. The summed E-state index contributed by atoms with van der Waals surface area (Å²) in [6.45, 7) is 2.12. The van der Waals surface area contributed by atoms with Gasteiger partial charge < -0.3 is 0 Å². The van der Waals surface area contributed by atoms with Crippen LogP contribution in [0.3, 0.4) is 0 Å². The molecule has 2 atom stereocenters. The maximum Gasteiger partial charge on any atom is 0.160 e. The molecule has 5 aliphatic rings. The average Bonchev–Trinajstić information content (AvgIpc) is 2.72. The van der Waals surface area contributed by atoms with Crippen LogP contribution in [0.2, 0.25) is 0 Å². The van der Waals surface area contributed by atoms with E-state index in [2.05, 4.69) is 53.4 Å². The van der Waals surface area contributed by atoms with Crippen molar-refractivity contribution >= 4 is 9.84 Å². The van der Waals surface area contributed by atoms with Crippen molar-refractivity contribution in [3.05, 3.63) is 70.8 Å². The van der Waals surface area contributed by atoms with Crippen molar-refractivity contribution in [3.63, 3.8) is 0 Å². The Morgan fingerprint density at radius 2 is 1.37 bits per heavy atom. The number of nitrogens with zero attached hydrogens (tertiary/aromatic N) is 1. The van der Waals surface area contributed by atoms with Crippen molar-refractivity contribution in [1.82, 2.24) is 4.90 Å². The number of benzene rings is 2. The summed E-state index contributed by atoms with van der Waals surface area (Å²) in [5.74, 6) is 0.547. The van der Waals surface area contributed by atoms with Crippen LogP contribution in [0, 0.1) is 0 Å². The van der Waals surface area contributed by atoms with Gasteiger partial charge >= 0.3 is 0 Å². The topological polar surface area (TPSA) is 37.4 Å². The lowest BCUT2D eigenvalue weighted by molar-refractivity contribution is 0.102. The second-order valence-electron chi connectivity index (χ2n) is 8.80. The Bertz CT molecular complexity index is 977. The standard InChI is InChI=1S/C23H25NO2S/c25-27(26)15-21(24-12-6-1-7-13-24)23(27)14-20-16-8-2-4-10-18(16)22(23)19-11-5-3-9-17(19)20/h2-5,8-11,20-22H,1,6-7,12-15H2/t20?,21-,22?,23-/m0/s1. The van der Waals surface area contributed by atoms with Gasteiger partial charge in [0.25, 0.3) is 0 Å². The monoisotopic (exact) mass is 379 g/mol. The van der Waals surface area contributed by atoms with Crippen molar-refractivity contribution in [2.24, 2.45) is 0 Å². The largest absolute Gasteiger partial charge is 0.298 e. The molecule has 0 N–H and O–H groups in total. The minimum absolute atomic E-state index is 0.0134. The van der Waals surface area contributed by atoms with Crippen LogP contribution in [-0.2, 0) is 9.84 Å². The third-order valence-electron chi connectivity index (χ3n) is 7.73. The first-order valence-electron chi connectivity index (χ1n) is 10.3. The third-order valence-corrected chi connectivity index (χ3v) is 10.3. The number of sulfone groups is 1. The Balaban J connectivity index is 1.58. The Kier molecular flexibility index (Phi) is 3.29. The smallest absolute Gasteiger partial charge is 0.160 e. The van der Waals surface area contributed by atoms with Crippen LogP contribution in [0.1, 0.15) is 59.8 Å². The number of hydrogen-bond acceptors (Lipinski definition) is 3. The zero-order valence-corrected chi connectivity index (χ0v) is 16.3. The molecule has 2 heterocycles. The molecule has 2 bridgehead atoms. The van der Waals surface area contributed by atoms with Crippen molar-refractivity contribution in [1.29, 1.82) is 0 Å². The molecule has 1 spiro atoms. The Hall–Kier alpha value is -1.65. The molecule has 2 aromatic rings. The van der Waals surface area contributed by atoms with E-state index in [0.29, 0.717) is 5.75 Å². The molecule has 3 aliphatic carbocycles. The summed E-state index contributed by atoms with van der Waals surface area (Å²) >= 11 is 0. The van der Waals surface area contributed by atoms with Gasteiger partial charge in [-0.1, -0.05) is 55.0 Å². The van der Waals surface area contributed by atoms with E-state index in [0.717, 1.165) is 19.5 Å². The minimum Gasteiger partial charge on any atom is -0.298 e. The molecule has 2 fully saturated rings. The second kappa shape index (κ2) is 5.45. The van der Waals surface area contributed by atoms with Crippen LogP contribution < -0.4 is 0 Å². The fraction of sp³-hybridized carbons (Fsp3) is 0.478. The highest BCUT2D eigenvalue weighted by molar-refractivity contribution is 7.94. The molecule has 7 rings (SSSR count). The van der Waals surface area contributed by atoms with E-state index in [1.54, 1.807) is 0 Å². The van der Waals surface area contributed by atoms with Crippen molar-refractivity contribution in [2.75, 3.05) is 18.8 Å². The predicted molar refractivity (Wildman–Crippen MR) is 107 cm³/mol. The molecular weight excluding hydrogens is 354 g/mol.